The number of halogens is 1. The molecule has 0 radical (unpaired) electrons. The van der Waals surface area contributed by atoms with Crippen molar-refractivity contribution in [2.24, 2.45) is 0 Å². The van der Waals surface area contributed by atoms with Gasteiger partial charge in [-0.25, -0.2) is 9.29 Å². The lowest BCUT2D eigenvalue weighted by Gasteiger charge is -2.29. The highest BCUT2D eigenvalue weighted by Crippen LogP contribution is 2.39. The Morgan fingerprint density at radius 1 is 0.967 bits per heavy atom. The van der Waals surface area contributed by atoms with E-state index in [4.69, 9.17) is 9.47 Å². The third-order valence-corrected chi connectivity index (χ3v) is 4.99. The summed E-state index contributed by atoms with van der Waals surface area (Å²) >= 11 is 0. The van der Waals surface area contributed by atoms with Crippen LogP contribution in [-0.2, 0) is 14.3 Å². The van der Waals surface area contributed by atoms with Gasteiger partial charge in [0.25, 0.3) is 11.8 Å². The minimum absolute atomic E-state index is 0.123. The highest BCUT2D eigenvalue weighted by Gasteiger charge is 2.43. The molecule has 2 aromatic rings. The molecule has 0 aliphatic carbocycles. The van der Waals surface area contributed by atoms with Gasteiger partial charge in [-0.3, -0.25) is 9.59 Å². The fraction of sp³-hybridized carbons (Fsp3) is 0.304. The molecule has 0 unspecified atom stereocenters. The summed E-state index contributed by atoms with van der Waals surface area (Å²) in [6, 6.07) is 12.6. The highest BCUT2D eigenvalue weighted by atomic mass is 19.1. The number of morpholine rings is 1. The lowest BCUT2D eigenvalue weighted by atomic mass is 10.0. The Kier molecular flexibility index (Phi) is 5.55. The van der Waals surface area contributed by atoms with Gasteiger partial charge in [-0.05, 0) is 43.7 Å². The van der Waals surface area contributed by atoms with Gasteiger partial charge in [-0.2, -0.15) is 0 Å². The minimum Gasteiger partial charge on any atom is -0.489 e. The van der Waals surface area contributed by atoms with Gasteiger partial charge in [0.15, 0.2) is 0 Å². The zero-order valence-corrected chi connectivity index (χ0v) is 16.9. The van der Waals surface area contributed by atoms with Gasteiger partial charge in [0.05, 0.1) is 30.6 Å². The normalized spacial score (nSPS) is 17.3. The van der Waals surface area contributed by atoms with Crippen molar-refractivity contribution in [2.45, 2.75) is 20.0 Å². The van der Waals surface area contributed by atoms with Crippen molar-refractivity contribution in [1.29, 1.82) is 0 Å². The van der Waals surface area contributed by atoms with E-state index in [-0.39, 0.29) is 11.7 Å². The summed E-state index contributed by atoms with van der Waals surface area (Å²) in [6.45, 7) is 5.69. The molecule has 156 valence electrons. The molecule has 4 rings (SSSR count). The summed E-state index contributed by atoms with van der Waals surface area (Å²) in [6.07, 6.45) is -0.123. The Morgan fingerprint density at radius 3 is 2.30 bits per heavy atom. The maximum absolute atomic E-state index is 13.5. The van der Waals surface area contributed by atoms with E-state index in [1.54, 1.807) is 24.3 Å². The molecule has 7 heteroatoms. The number of carbonyl (C=O) groups is 2. The summed E-state index contributed by atoms with van der Waals surface area (Å²) in [7, 11) is 0. The summed E-state index contributed by atoms with van der Waals surface area (Å²) < 4.78 is 24.7. The van der Waals surface area contributed by atoms with Crippen molar-refractivity contribution >= 4 is 23.1 Å². The van der Waals surface area contributed by atoms with Gasteiger partial charge < -0.3 is 14.4 Å². The highest BCUT2D eigenvalue weighted by molar-refractivity contribution is 6.45. The zero-order valence-electron chi connectivity index (χ0n) is 16.9. The van der Waals surface area contributed by atoms with Gasteiger partial charge >= 0.3 is 0 Å². The van der Waals surface area contributed by atoms with E-state index in [2.05, 4.69) is 0 Å². The van der Waals surface area contributed by atoms with E-state index in [1.165, 1.54) is 24.3 Å². The maximum atomic E-state index is 13.5. The van der Waals surface area contributed by atoms with Crippen LogP contribution >= 0.6 is 0 Å². The number of imide groups is 1. The molecule has 1 fully saturated rings. The Bertz CT molecular complexity index is 995. The van der Waals surface area contributed by atoms with E-state index < -0.39 is 17.6 Å². The van der Waals surface area contributed by atoms with Crippen LogP contribution in [0, 0.1) is 5.82 Å². The second kappa shape index (κ2) is 8.28. The topological polar surface area (TPSA) is 59.1 Å². The van der Waals surface area contributed by atoms with Crippen molar-refractivity contribution in [1.82, 2.24) is 4.90 Å². The largest absolute Gasteiger partial charge is 0.489 e. The van der Waals surface area contributed by atoms with Crippen LogP contribution in [0.1, 0.15) is 19.4 Å². The van der Waals surface area contributed by atoms with Crippen LogP contribution in [0.25, 0.3) is 5.57 Å². The Morgan fingerprint density at radius 2 is 1.63 bits per heavy atom. The third kappa shape index (κ3) is 3.68. The number of para-hydroxylation sites is 2. The fourth-order valence-corrected chi connectivity index (χ4v) is 3.69. The average Bonchev–Trinajstić information content (AvgIpc) is 2.99. The molecule has 0 saturated carbocycles. The molecule has 0 spiro atoms. The van der Waals surface area contributed by atoms with Crippen molar-refractivity contribution < 1.29 is 23.5 Å². The van der Waals surface area contributed by atoms with Crippen molar-refractivity contribution in [3.63, 3.8) is 0 Å². The molecule has 2 amide bonds. The van der Waals surface area contributed by atoms with Crippen LogP contribution in [0.2, 0.25) is 0 Å². The molecule has 0 N–H and O–H groups in total. The number of carbonyl (C=O) groups excluding carboxylic acids is 2. The molecule has 6 nitrogen and oxygen atoms in total. The molecule has 1 saturated heterocycles. The quantitative estimate of drug-likeness (QED) is 0.709. The number of anilines is 1. The summed E-state index contributed by atoms with van der Waals surface area (Å²) in [5.41, 5.74) is 1.47. The molecule has 2 aromatic carbocycles. The fourth-order valence-electron chi connectivity index (χ4n) is 3.69. The summed E-state index contributed by atoms with van der Waals surface area (Å²) in [5, 5.41) is 0. The van der Waals surface area contributed by atoms with Gasteiger partial charge in [0.1, 0.15) is 17.3 Å². The number of nitrogens with zero attached hydrogens (tertiary/aromatic N) is 2. The second-order valence-electron chi connectivity index (χ2n) is 7.41. The number of rotatable bonds is 5. The Hall–Kier alpha value is -3.19. The van der Waals surface area contributed by atoms with E-state index in [9.17, 15) is 14.0 Å². The van der Waals surface area contributed by atoms with Gasteiger partial charge in [-0.1, -0.05) is 24.3 Å². The lowest BCUT2D eigenvalue weighted by molar-refractivity contribution is -0.121. The molecule has 30 heavy (non-hydrogen) atoms. The third-order valence-electron chi connectivity index (χ3n) is 4.99. The minimum atomic E-state index is -0.451. The van der Waals surface area contributed by atoms with Crippen molar-refractivity contribution in [2.75, 3.05) is 31.2 Å². The first-order valence-electron chi connectivity index (χ1n) is 9.94. The number of hydrogen-bond acceptors (Lipinski definition) is 5. The molecular formula is C23H23FN2O4. The Balaban J connectivity index is 1.82. The monoisotopic (exact) mass is 410 g/mol. The molecule has 2 aliphatic rings. The molecular weight excluding hydrogens is 387 g/mol. The van der Waals surface area contributed by atoms with E-state index >= 15 is 0 Å². The molecule has 2 heterocycles. The standard InChI is InChI=1S/C23H23FN2O4/c1-15(2)30-19-6-4-3-5-18(19)26-22(27)20(16-7-9-17(24)10-8-16)21(23(26)28)25-11-13-29-14-12-25/h3-10,15H,11-14H2,1-2H3. The van der Waals surface area contributed by atoms with Crippen molar-refractivity contribution in [3.05, 3.63) is 65.6 Å². The summed E-state index contributed by atoms with van der Waals surface area (Å²) in [5.74, 6) is -0.818. The molecule has 0 bridgehead atoms. The number of amides is 2. The average molecular weight is 410 g/mol. The number of hydrogen-bond donors (Lipinski definition) is 0. The van der Waals surface area contributed by atoms with E-state index in [1.807, 2.05) is 18.7 Å². The number of benzene rings is 2. The van der Waals surface area contributed by atoms with E-state index in [0.29, 0.717) is 49.0 Å². The van der Waals surface area contributed by atoms with Crippen LogP contribution in [0.15, 0.2) is 54.2 Å². The first-order valence-corrected chi connectivity index (χ1v) is 9.94. The van der Waals surface area contributed by atoms with Crippen LogP contribution < -0.4 is 9.64 Å². The predicted octanol–water partition coefficient (Wildman–Crippen LogP) is 3.23. The molecule has 2 aliphatic heterocycles. The van der Waals surface area contributed by atoms with Gasteiger partial charge in [0.2, 0.25) is 0 Å². The predicted molar refractivity (Wildman–Crippen MR) is 110 cm³/mol. The van der Waals surface area contributed by atoms with Crippen LogP contribution in [0.3, 0.4) is 0 Å². The lowest BCUT2D eigenvalue weighted by Crippen LogP contribution is -2.40. The molecule has 0 atom stereocenters. The second-order valence-corrected chi connectivity index (χ2v) is 7.41. The first-order chi connectivity index (χ1) is 14.5. The van der Waals surface area contributed by atoms with Crippen LogP contribution in [0.4, 0.5) is 10.1 Å². The Labute approximate surface area is 174 Å². The van der Waals surface area contributed by atoms with Crippen LogP contribution in [0.5, 0.6) is 5.75 Å². The molecule has 0 aromatic heterocycles. The van der Waals surface area contributed by atoms with Crippen LogP contribution in [-0.4, -0.2) is 49.1 Å². The number of ether oxygens (including phenoxy) is 2. The zero-order chi connectivity index (χ0) is 21.3. The smallest absolute Gasteiger partial charge is 0.282 e. The van der Waals surface area contributed by atoms with E-state index in [0.717, 1.165) is 4.90 Å². The van der Waals surface area contributed by atoms with Crippen molar-refractivity contribution in [3.8, 4) is 5.75 Å². The maximum Gasteiger partial charge on any atom is 0.282 e. The van der Waals surface area contributed by atoms with Gasteiger partial charge in [-0.15, -0.1) is 0 Å². The van der Waals surface area contributed by atoms with Gasteiger partial charge in [0, 0.05) is 13.1 Å². The first kappa shape index (κ1) is 20.1. The summed E-state index contributed by atoms with van der Waals surface area (Å²) in [4.78, 5) is 30.1. The SMILES string of the molecule is CC(C)Oc1ccccc1N1C(=O)C(c2ccc(F)cc2)=C(N2CCOCC2)C1=O.